The standard InChI is InChI=1S/C29H26N2O6S/c1-5-37-28(34)24-16(2)30-29-31(26(24)25-19-9-7-6-8-18(19)11-13-21(25)35-3)27(33)23(38-29)15-17-10-12-20(32)22(14-17)36-4/h6-15,26,32H,5H2,1-4H3/b23-15-/t26-/m0/s1. The first-order valence-corrected chi connectivity index (χ1v) is 12.8. The SMILES string of the molecule is CCOC(=O)C1=C(C)N=c2s/c(=C\c3ccc(O)c(OC)c3)c(=O)n2[C@@H]1c1c(OC)ccc2ccccc12. The summed E-state index contributed by atoms with van der Waals surface area (Å²) in [5.74, 6) is 0.309. The van der Waals surface area contributed by atoms with E-state index in [9.17, 15) is 14.7 Å². The van der Waals surface area contributed by atoms with E-state index in [1.807, 2.05) is 36.4 Å². The Bertz CT molecular complexity index is 1780. The number of thiazole rings is 1. The number of phenolic OH excluding ortho intramolecular Hbond substituents is 1. The van der Waals surface area contributed by atoms with Crippen molar-refractivity contribution in [2.24, 2.45) is 4.99 Å². The minimum atomic E-state index is -0.817. The van der Waals surface area contributed by atoms with Crippen LogP contribution in [-0.4, -0.2) is 36.5 Å². The molecule has 0 aliphatic carbocycles. The van der Waals surface area contributed by atoms with Crippen LogP contribution in [0.3, 0.4) is 0 Å². The van der Waals surface area contributed by atoms with Crippen LogP contribution in [0, 0.1) is 0 Å². The predicted molar refractivity (Wildman–Crippen MR) is 146 cm³/mol. The van der Waals surface area contributed by atoms with Crippen molar-refractivity contribution in [3.05, 3.63) is 96.7 Å². The molecule has 0 radical (unpaired) electrons. The first-order valence-electron chi connectivity index (χ1n) is 12.0. The van der Waals surface area contributed by atoms with Crippen LogP contribution in [-0.2, 0) is 9.53 Å². The zero-order valence-corrected chi connectivity index (χ0v) is 22.2. The number of carbonyl (C=O) groups excluding carboxylic acids is 1. The van der Waals surface area contributed by atoms with Gasteiger partial charge < -0.3 is 19.3 Å². The number of aromatic hydroxyl groups is 1. The van der Waals surface area contributed by atoms with E-state index in [4.69, 9.17) is 14.2 Å². The van der Waals surface area contributed by atoms with Gasteiger partial charge in [0.05, 0.1) is 36.6 Å². The molecule has 9 heteroatoms. The second-order valence-corrected chi connectivity index (χ2v) is 9.65. The highest BCUT2D eigenvalue weighted by atomic mass is 32.1. The van der Waals surface area contributed by atoms with Crippen molar-refractivity contribution in [2.75, 3.05) is 20.8 Å². The number of benzene rings is 3. The van der Waals surface area contributed by atoms with Crippen LogP contribution < -0.4 is 24.4 Å². The molecular formula is C29H26N2O6S. The topological polar surface area (TPSA) is 99.4 Å². The average molecular weight is 531 g/mol. The van der Waals surface area contributed by atoms with Crippen molar-refractivity contribution in [3.63, 3.8) is 0 Å². The molecule has 0 bridgehead atoms. The van der Waals surface area contributed by atoms with Crippen molar-refractivity contribution in [2.45, 2.75) is 19.9 Å². The summed E-state index contributed by atoms with van der Waals surface area (Å²) >= 11 is 1.22. The van der Waals surface area contributed by atoms with Gasteiger partial charge in [0, 0.05) is 5.56 Å². The molecule has 0 saturated carbocycles. The molecule has 1 N–H and O–H groups in total. The van der Waals surface area contributed by atoms with Gasteiger partial charge in [0.25, 0.3) is 5.56 Å². The molecule has 5 rings (SSSR count). The number of phenols is 1. The van der Waals surface area contributed by atoms with E-state index in [2.05, 4.69) is 4.99 Å². The van der Waals surface area contributed by atoms with Gasteiger partial charge in [-0.15, -0.1) is 0 Å². The first kappa shape index (κ1) is 25.3. The summed E-state index contributed by atoms with van der Waals surface area (Å²) in [7, 11) is 3.03. The van der Waals surface area contributed by atoms with Gasteiger partial charge in [0.1, 0.15) is 11.8 Å². The maximum Gasteiger partial charge on any atom is 0.338 e. The van der Waals surface area contributed by atoms with E-state index >= 15 is 0 Å². The minimum Gasteiger partial charge on any atom is -0.504 e. The molecule has 1 aliphatic heterocycles. The number of fused-ring (bicyclic) bond motifs is 2. The summed E-state index contributed by atoms with van der Waals surface area (Å²) in [5.41, 5.74) is 1.80. The quantitative estimate of drug-likeness (QED) is 0.382. The Balaban J connectivity index is 1.83. The highest BCUT2D eigenvalue weighted by Crippen LogP contribution is 2.40. The van der Waals surface area contributed by atoms with Gasteiger partial charge in [0.2, 0.25) is 0 Å². The number of rotatable bonds is 6. The number of methoxy groups -OCH3 is 2. The van der Waals surface area contributed by atoms with Gasteiger partial charge in [-0.1, -0.05) is 47.7 Å². The molecule has 2 heterocycles. The van der Waals surface area contributed by atoms with Gasteiger partial charge in [-0.05, 0) is 54.5 Å². The molecular weight excluding hydrogens is 504 g/mol. The second-order valence-electron chi connectivity index (χ2n) is 8.64. The third-order valence-electron chi connectivity index (χ3n) is 6.44. The highest BCUT2D eigenvalue weighted by molar-refractivity contribution is 7.07. The van der Waals surface area contributed by atoms with Gasteiger partial charge in [-0.25, -0.2) is 9.79 Å². The van der Waals surface area contributed by atoms with Crippen LogP contribution in [0.15, 0.2) is 75.7 Å². The lowest BCUT2D eigenvalue weighted by molar-refractivity contribution is -0.139. The zero-order valence-electron chi connectivity index (χ0n) is 21.3. The van der Waals surface area contributed by atoms with Crippen LogP contribution in [0.2, 0.25) is 0 Å². The number of carbonyl (C=O) groups is 1. The third-order valence-corrected chi connectivity index (χ3v) is 7.43. The van der Waals surface area contributed by atoms with E-state index in [0.29, 0.717) is 37.7 Å². The van der Waals surface area contributed by atoms with E-state index in [0.717, 1.165) is 10.8 Å². The fourth-order valence-electron chi connectivity index (χ4n) is 4.74. The Morgan fingerprint density at radius 3 is 2.61 bits per heavy atom. The number of esters is 1. The fraction of sp³-hybridized carbons (Fsp3) is 0.207. The number of allylic oxidation sites excluding steroid dienone is 1. The molecule has 1 aliphatic rings. The molecule has 8 nitrogen and oxygen atoms in total. The van der Waals surface area contributed by atoms with Crippen LogP contribution in [0.4, 0.5) is 0 Å². The van der Waals surface area contributed by atoms with Gasteiger partial charge in [-0.3, -0.25) is 9.36 Å². The third kappa shape index (κ3) is 4.24. The molecule has 0 amide bonds. The monoisotopic (exact) mass is 530 g/mol. The molecule has 0 spiro atoms. The minimum absolute atomic E-state index is 0.00358. The van der Waals surface area contributed by atoms with Crippen LogP contribution >= 0.6 is 11.3 Å². The molecule has 38 heavy (non-hydrogen) atoms. The number of aromatic nitrogens is 1. The molecule has 3 aromatic carbocycles. The lowest BCUT2D eigenvalue weighted by Gasteiger charge is -2.27. The fourth-order valence-corrected chi connectivity index (χ4v) is 5.78. The van der Waals surface area contributed by atoms with E-state index in [1.165, 1.54) is 29.1 Å². The summed E-state index contributed by atoms with van der Waals surface area (Å²) in [5, 5.41) is 11.8. The van der Waals surface area contributed by atoms with Gasteiger partial charge >= 0.3 is 5.97 Å². The number of hydrogen-bond acceptors (Lipinski definition) is 8. The Kier molecular flexibility index (Phi) is 6.77. The van der Waals surface area contributed by atoms with E-state index in [-0.39, 0.29) is 23.5 Å². The molecule has 4 aromatic rings. The van der Waals surface area contributed by atoms with E-state index < -0.39 is 12.0 Å². The van der Waals surface area contributed by atoms with Crippen molar-refractivity contribution in [3.8, 4) is 17.2 Å². The average Bonchev–Trinajstić information content (AvgIpc) is 3.22. The maximum absolute atomic E-state index is 14.0. The Morgan fingerprint density at radius 2 is 1.87 bits per heavy atom. The number of nitrogens with zero attached hydrogens (tertiary/aromatic N) is 2. The predicted octanol–water partition coefficient (Wildman–Crippen LogP) is 3.67. The van der Waals surface area contributed by atoms with Crippen molar-refractivity contribution in [1.82, 2.24) is 4.57 Å². The lowest BCUT2D eigenvalue weighted by Crippen LogP contribution is -2.40. The molecule has 0 saturated heterocycles. The van der Waals surface area contributed by atoms with Crippen molar-refractivity contribution in [1.29, 1.82) is 0 Å². The molecule has 1 atom stereocenters. The largest absolute Gasteiger partial charge is 0.504 e. The van der Waals surface area contributed by atoms with Crippen molar-refractivity contribution >= 4 is 34.2 Å². The summed E-state index contributed by atoms with van der Waals surface area (Å²) in [6.07, 6.45) is 1.71. The number of hydrogen-bond donors (Lipinski definition) is 1. The summed E-state index contributed by atoms with van der Waals surface area (Å²) in [4.78, 5) is 32.4. The van der Waals surface area contributed by atoms with Crippen molar-refractivity contribution < 1.29 is 24.1 Å². The Morgan fingerprint density at radius 1 is 1.11 bits per heavy atom. The van der Waals surface area contributed by atoms with E-state index in [1.54, 1.807) is 39.2 Å². The summed E-state index contributed by atoms with van der Waals surface area (Å²) < 4.78 is 18.4. The summed E-state index contributed by atoms with van der Waals surface area (Å²) in [6.45, 7) is 3.67. The van der Waals surface area contributed by atoms with Crippen LogP contribution in [0.5, 0.6) is 17.2 Å². The highest BCUT2D eigenvalue weighted by Gasteiger charge is 2.36. The smallest absolute Gasteiger partial charge is 0.338 e. The number of ether oxygens (including phenoxy) is 3. The normalized spacial score (nSPS) is 15.3. The lowest BCUT2D eigenvalue weighted by atomic mass is 9.90. The van der Waals surface area contributed by atoms with Crippen LogP contribution in [0.25, 0.3) is 16.8 Å². The molecule has 0 fully saturated rings. The molecule has 0 unspecified atom stereocenters. The second kappa shape index (κ2) is 10.2. The molecule has 194 valence electrons. The maximum atomic E-state index is 14.0. The Labute approximate surface area is 222 Å². The molecule has 1 aromatic heterocycles. The zero-order chi connectivity index (χ0) is 27.0. The first-order chi connectivity index (χ1) is 18.4. The Hall–Kier alpha value is -4.37. The van der Waals surface area contributed by atoms with Gasteiger partial charge in [-0.2, -0.15) is 0 Å². The van der Waals surface area contributed by atoms with Gasteiger partial charge in [0.15, 0.2) is 16.3 Å². The van der Waals surface area contributed by atoms with Crippen LogP contribution in [0.1, 0.15) is 31.0 Å². The summed E-state index contributed by atoms with van der Waals surface area (Å²) in [6, 6.07) is 15.6.